The lowest BCUT2D eigenvalue weighted by molar-refractivity contribution is -0.120. The zero-order valence-corrected chi connectivity index (χ0v) is 14.0. The highest BCUT2D eigenvalue weighted by molar-refractivity contribution is 9.08. The Morgan fingerprint density at radius 1 is 1.22 bits per heavy atom. The second kappa shape index (κ2) is 5.16. The van der Waals surface area contributed by atoms with Gasteiger partial charge in [0.2, 0.25) is 5.91 Å². The number of amides is 1. The van der Waals surface area contributed by atoms with Gasteiger partial charge in [-0.25, -0.2) is 9.50 Å². The Balaban J connectivity index is 1.84. The summed E-state index contributed by atoms with van der Waals surface area (Å²) in [5.74, 6) is 0.200. The fourth-order valence-electron chi connectivity index (χ4n) is 2.80. The Hall–Kier alpha value is -2.21. The number of nitrogens with two attached hydrogens (primary N) is 1. The van der Waals surface area contributed by atoms with Gasteiger partial charge in [0.25, 0.3) is 0 Å². The molecule has 4 rings (SSSR count). The second-order valence-corrected chi connectivity index (χ2v) is 6.45. The third-order valence-electron chi connectivity index (χ3n) is 4.41. The summed E-state index contributed by atoms with van der Waals surface area (Å²) < 4.78 is 1.79. The molecule has 2 heterocycles. The molecule has 0 radical (unpaired) electrons. The zero-order valence-electron chi connectivity index (χ0n) is 12.4. The van der Waals surface area contributed by atoms with Crippen molar-refractivity contribution in [3.63, 3.8) is 0 Å². The molecular formula is C17H15BrN4O. The number of carbonyl (C=O) groups is 1. The van der Waals surface area contributed by atoms with Gasteiger partial charge in [0, 0.05) is 10.9 Å². The van der Waals surface area contributed by atoms with E-state index < -0.39 is 5.41 Å². The number of alkyl halides is 1. The topological polar surface area (TPSA) is 73.3 Å². The maximum atomic E-state index is 11.7. The molecule has 1 saturated carbocycles. The standard InChI is InChI=1S/C17H15BrN4O/c18-10-11-4-6-12(7-5-11)13-2-1-3-14-20-16(21-22(13)14)17(8-9-17)15(19)23/h1-7H,8-10H2,(H2,19,23). The molecule has 0 spiro atoms. The Bertz CT molecular complexity index is 897. The molecule has 1 aromatic carbocycles. The van der Waals surface area contributed by atoms with Gasteiger partial charge in [0.05, 0.1) is 5.69 Å². The molecule has 1 amide bonds. The van der Waals surface area contributed by atoms with Crippen molar-refractivity contribution < 1.29 is 4.79 Å². The van der Waals surface area contributed by atoms with Crippen molar-refractivity contribution in [2.24, 2.45) is 5.73 Å². The second-order valence-electron chi connectivity index (χ2n) is 5.89. The van der Waals surface area contributed by atoms with Crippen LogP contribution in [0.5, 0.6) is 0 Å². The van der Waals surface area contributed by atoms with Crippen LogP contribution in [0.25, 0.3) is 16.9 Å². The number of nitrogens with zero attached hydrogens (tertiary/aromatic N) is 3. The highest BCUT2D eigenvalue weighted by atomic mass is 79.9. The van der Waals surface area contributed by atoms with E-state index in [1.54, 1.807) is 4.52 Å². The van der Waals surface area contributed by atoms with E-state index >= 15 is 0 Å². The molecule has 5 nitrogen and oxygen atoms in total. The van der Waals surface area contributed by atoms with Gasteiger partial charge in [-0.15, -0.1) is 5.10 Å². The van der Waals surface area contributed by atoms with Gasteiger partial charge in [0.1, 0.15) is 5.41 Å². The highest BCUT2D eigenvalue weighted by Crippen LogP contribution is 2.46. The van der Waals surface area contributed by atoms with E-state index in [1.807, 2.05) is 18.2 Å². The summed E-state index contributed by atoms with van der Waals surface area (Å²) in [4.78, 5) is 16.2. The maximum absolute atomic E-state index is 11.7. The third-order valence-corrected chi connectivity index (χ3v) is 5.06. The van der Waals surface area contributed by atoms with E-state index in [-0.39, 0.29) is 5.91 Å². The van der Waals surface area contributed by atoms with Gasteiger partial charge in [-0.3, -0.25) is 4.79 Å². The molecule has 6 heteroatoms. The third kappa shape index (κ3) is 2.25. The summed E-state index contributed by atoms with van der Waals surface area (Å²) in [6, 6.07) is 14.1. The van der Waals surface area contributed by atoms with Crippen molar-refractivity contribution >= 4 is 27.5 Å². The smallest absolute Gasteiger partial charge is 0.231 e. The molecule has 0 bridgehead atoms. The molecule has 0 saturated heterocycles. The van der Waals surface area contributed by atoms with E-state index in [9.17, 15) is 4.79 Å². The SMILES string of the molecule is NC(=O)C1(c2nc3cccc(-c4ccc(CBr)cc4)n3n2)CC1. The molecule has 1 fully saturated rings. The van der Waals surface area contributed by atoms with Crippen molar-refractivity contribution in [1.82, 2.24) is 14.6 Å². The van der Waals surface area contributed by atoms with Crippen LogP contribution in [0, 0.1) is 0 Å². The number of benzene rings is 1. The first-order valence-corrected chi connectivity index (χ1v) is 8.58. The van der Waals surface area contributed by atoms with Crippen molar-refractivity contribution in [2.45, 2.75) is 23.6 Å². The number of primary amides is 1. The van der Waals surface area contributed by atoms with Gasteiger partial charge in [0.15, 0.2) is 11.5 Å². The molecule has 2 aromatic heterocycles. The van der Waals surface area contributed by atoms with E-state index in [1.165, 1.54) is 5.56 Å². The van der Waals surface area contributed by atoms with Crippen LogP contribution < -0.4 is 5.73 Å². The molecule has 23 heavy (non-hydrogen) atoms. The van der Waals surface area contributed by atoms with Crippen LogP contribution in [-0.2, 0) is 15.5 Å². The first kappa shape index (κ1) is 14.4. The average Bonchev–Trinajstić information content (AvgIpc) is 3.28. The Morgan fingerprint density at radius 3 is 2.57 bits per heavy atom. The summed E-state index contributed by atoms with van der Waals surface area (Å²) in [5.41, 5.74) is 8.82. The average molecular weight is 371 g/mol. The fourth-order valence-corrected chi connectivity index (χ4v) is 3.17. The fraction of sp³-hybridized carbons (Fsp3) is 0.235. The molecule has 0 aliphatic heterocycles. The van der Waals surface area contributed by atoms with Crippen LogP contribution in [0.15, 0.2) is 42.5 Å². The van der Waals surface area contributed by atoms with Gasteiger partial charge >= 0.3 is 0 Å². The van der Waals surface area contributed by atoms with Crippen LogP contribution in [0.2, 0.25) is 0 Å². The molecule has 3 aromatic rings. The Labute approximate surface area is 141 Å². The molecule has 2 N–H and O–H groups in total. The van der Waals surface area contributed by atoms with Crippen LogP contribution in [0.1, 0.15) is 24.2 Å². The van der Waals surface area contributed by atoms with Crippen molar-refractivity contribution in [3.8, 4) is 11.3 Å². The molecule has 1 aliphatic carbocycles. The largest absolute Gasteiger partial charge is 0.369 e. The van der Waals surface area contributed by atoms with Gasteiger partial charge in [-0.05, 0) is 30.5 Å². The van der Waals surface area contributed by atoms with Crippen LogP contribution in [0.4, 0.5) is 0 Å². The predicted molar refractivity (Wildman–Crippen MR) is 91.2 cm³/mol. The molecule has 0 unspecified atom stereocenters. The lowest BCUT2D eigenvalue weighted by Gasteiger charge is -2.06. The summed E-state index contributed by atoms with van der Waals surface area (Å²) in [5, 5.41) is 5.41. The van der Waals surface area contributed by atoms with E-state index in [2.05, 4.69) is 50.3 Å². The zero-order chi connectivity index (χ0) is 16.0. The summed E-state index contributed by atoms with van der Waals surface area (Å²) >= 11 is 3.45. The number of halogens is 1. The van der Waals surface area contributed by atoms with Gasteiger partial charge in [-0.1, -0.05) is 46.3 Å². The lowest BCUT2D eigenvalue weighted by Crippen LogP contribution is -2.29. The van der Waals surface area contributed by atoms with Crippen LogP contribution in [-0.4, -0.2) is 20.5 Å². The minimum atomic E-state index is -0.664. The summed E-state index contributed by atoms with van der Waals surface area (Å²) in [7, 11) is 0. The number of pyridine rings is 1. The maximum Gasteiger partial charge on any atom is 0.231 e. The number of hydrogen-bond donors (Lipinski definition) is 1. The minimum Gasteiger partial charge on any atom is -0.369 e. The molecular weight excluding hydrogens is 356 g/mol. The Morgan fingerprint density at radius 2 is 1.96 bits per heavy atom. The van der Waals surface area contributed by atoms with E-state index in [0.717, 1.165) is 35.1 Å². The highest BCUT2D eigenvalue weighted by Gasteiger charge is 2.53. The van der Waals surface area contributed by atoms with Crippen molar-refractivity contribution in [2.75, 3.05) is 0 Å². The first-order valence-electron chi connectivity index (χ1n) is 7.45. The van der Waals surface area contributed by atoms with Crippen LogP contribution in [0.3, 0.4) is 0 Å². The number of hydrogen-bond acceptors (Lipinski definition) is 3. The van der Waals surface area contributed by atoms with Crippen molar-refractivity contribution in [1.29, 1.82) is 0 Å². The molecule has 1 aliphatic rings. The normalized spacial score (nSPS) is 15.7. The van der Waals surface area contributed by atoms with Crippen LogP contribution >= 0.6 is 15.9 Å². The van der Waals surface area contributed by atoms with E-state index in [0.29, 0.717) is 5.82 Å². The summed E-state index contributed by atoms with van der Waals surface area (Å²) in [6.07, 6.45) is 1.46. The number of aromatic nitrogens is 3. The molecule has 0 atom stereocenters. The van der Waals surface area contributed by atoms with E-state index in [4.69, 9.17) is 5.73 Å². The summed E-state index contributed by atoms with van der Waals surface area (Å²) in [6.45, 7) is 0. The number of carbonyl (C=O) groups excluding carboxylic acids is 1. The van der Waals surface area contributed by atoms with Gasteiger partial charge in [-0.2, -0.15) is 0 Å². The quantitative estimate of drug-likeness (QED) is 0.717. The molecule has 116 valence electrons. The monoisotopic (exact) mass is 370 g/mol. The first-order chi connectivity index (χ1) is 11.1. The van der Waals surface area contributed by atoms with Crippen molar-refractivity contribution in [3.05, 3.63) is 53.9 Å². The number of rotatable bonds is 4. The predicted octanol–water partition coefficient (Wildman–Crippen LogP) is 2.81. The Kier molecular flexibility index (Phi) is 3.23. The minimum absolute atomic E-state index is 0.336. The lowest BCUT2D eigenvalue weighted by atomic mass is 10.1. The van der Waals surface area contributed by atoms with Gasteiger partial charge < -0.3 is 5.73 Å². The number of fused-ring (bicyclic) bond motifs is 1.